The lowest BCUT2D eigenvalue weighted by molar-refractivity contribution is -0.121. The second-order valence-electron chi connectivity index (χ2n) is 5.29. The van der Waals surface area contributed by atoms with Crippen molar-refractivity contribution >= 4 is 5.91 Å². The first-order chi connectivity index (χ1) is 10.1. The number of rotatable bonds is 5. The number of carbonyl (C=O) groups is 1. The van der Waals surface area contributed by atoms with Crippen LogP contribution in [0.15, 0.2) is 48.5 Å². The van der Waals surface area contributed by atoms with E-state index in [0.29, 0.717) is 12.0 Å². The first kappa shape index (κ1) is 15.2. The largest absolute Gasteiger partial charge is 0.350 e. The molecule has 1 N–H and O–H groups in total. The summed E-state index contributed by atoms with van der Waals surface area (Å²) in [6.45, 7) is 3.98. The van der Waals surface area contributed by atoms with Crippen LogP contribution in [0.4, 0.5) is 4.39 Å². The molecule has 1 unspecified atom stereocenters. The predicted molar refractivity (Wildman–Crippen MR) is 82.5 cm³/mol. The zero-order valence-electron chi connectivity index (χ0n) is 12.4. The standard InChI is InChI=1S/C18H20FNO/c1-13-7-9-15(10-8-13)14(2)20-18(21)12-11-16-5-3-4-6-17(16)19/h3-10,14H,11-12H2,1-2H3,(H,20,21). The fourth-order valence-electron chi connectivity index (χ4n) is 2.20. The minimum atomic E-state index is -0.253. The summed E-state index contributed by atoms with van der Waals surface area (Å²) in [5, 5.41) is 2.94. The first-order valence-electron chi connectivity index (χ1n) is 7.15. The van der Waals surface area contributed by atoms with Crippen LogP contribution in [0.2, 0.25) is 0 Å². The zero-order valence-corrected chi connectivity index (χ0v) is 12.4. The highest BCUT2D eigenvalue weighted by Gasteiger charge is 2.10. The van der Waals surface area contributed by atoms with E-state index in [1.807, 2.05) is 38.1 Å². The monoisotopic (exact) mass is 285 g/mol. The van der Waals surface area contributed by atoms with Gasteiger partial charge in [-0.1, -0.05) is 48.0 Å². The van der Waals surface area contributed by atoms with Gasteiger partial charge in [0.05, 0.1) is 6.04 Å². The van der Waals surface area contributed by atoms with Gasteiger partial charge in [-0.05, 0) is 37.5 Å². The smallest absolute Gasteiger partial charge is 0.220 e. The minimum Gasteiger partial charge on any atom is -0.350 e. The van der Waals surface area contributed by atoms with E-state index in [-0.39, 0.29) is 24.2 Å². The molecule has 2 nitrogen and oxygen atoms in total. The van der Waals surface area contributed by atoms with Gasteiger partial charge in [0.15, 0.2) is 0 Å². The highest BCUT2D eigenvalue weighted by atomic mass is 19.1. The van der Waals surface area contributed by atoms with E-state index >= 15 is 0 Å². The molecule has 0 saturated carbocycles. The maximum Gasteiger partial charge on any atom is 0.220 e. The molecule has 0 fully saturated rings. The van der Waals surface area contributed by atoms with Crippen LogP contribution in [0, 0.1) is 12.7 Å². The molecule has 0 spiro atoms. The van der Waals surface area contributed by atoms with Gasteiger partial charge in [0.2, 0.25) is 5.91 Å². The van der Waals surface area contributed by atoms with Crippen LogP contribution in [-0.4, -0.2) is 5.91 Å². The quantitative estimate of drug-likeness (QED) is 0.885. The summed E-state index contributed by atoms with van der Waals surface area (Å²) in [5.74, 6) is -0.316. The number of halogens is 1. The normalized spacial score (nSPS) is 12.0. The molecule has 0 bridgehead atoms. The molecule has 2 rings (SSSR count). The third kappa shape index (κ3) is 4.42. The van der Waals surface area contributed by atoms with Crippen molar-refractivity contribution in [3.63, 3.8) is 0 Å². The number of amides is 1. The molecule has 0 aliphatic rings. The van der Waals surface area contributed by atoms with Crippen molar-refractivity contribution in [2.75, 3.05) is 0 Å². The lowest BCUT2D eigenvalue weighted by Crippen LogP contribution is -2.26. The Bertz CT molecular complexity index is 607. The first-order valence-corrected chi connectivity index (χ1v) is 7.15. The molecule has 110 valence electrons. The number of hydrogen-bond acceptors (Lipinski definition) is 1. The number of hydrogen-bond donors (Lipinski definition) is 1. The summed E-state index contributed by atoms with van der Waals surface area (Å²) in [6.07, 6.45) is 0.705. The Labute approximate surface area is 125 Å². The van der Waals surface area contributed by atoms with E-state index in [2.05, 4.69) is 5.32 Å². The maximum atomic E-state index is 13.5. The van der Waals surface area contributed by atoms with Gasteiger partial charge in [0.1, 0.15) is 5.82 Å². The number of carbonyl (C=O) groups excluding carboxylic acids is 1. The van der Waals surface area contributed by atoms with Crippen molar-refractivity contribution in [1.29, 1.82) is 0 Å². The summed E-state index contributed by atoms with van der Waals surface area (Å²) in [5.41, 5.74) is 2.84. The summed E-state index contributed by atoms with van der Waals surface area (Å²) in [7, 11) is 0. The van der Waals surface area contributed by atoms with E-state index in [4.69, 9.17) is 0 Å². The van der Waals surface area contributed by atoms with Crippen LogP contribution in [0.3, 0.4) is 0 Å². The SMILES string of the molecule is Cc1ccc(C(C)NC(=O)CCc2ccccc2F)cc1. The number of nitrogens with one attached hydrogen (secondary N) is 1. The molecule has 3 heteroatoms. The Morgan fingerprint density at radius 3 is 2.48 bits per heavy atom. The molecule has 2 aromatic rings. The van der Waals surface area contributed by atoms with E-state index < -0.39 is 0 Å². The van der Waals surface area contributed by atoms with Crippen LogP contribution < -0.4 is 5.32 Å². The maximum absolute atomic E-state index is 13.5. The van der Waals surface area contributed by atoms with Crippen molar-refractivity contribution in [3.05, 3.63) is 71.0 Å². The number of benzene rings is 2. The van der Waals surface area contributed by atoms with Crippen molar-refractivity contribution in [2.24, 2.45) is 0 Å². The Morgan fingerprint density at radius 1 is 1.14 bits per heavy atom. The summed E-state index contributed by atoms with van der Waals surface area (Å²) < 4.78 is 13.5. The van der Waals surface area contributed by atoms with Gasteiger partial charge in [0.25, 0.3) is 0 Å². The third-order valence-electron chi connectivity index (χ3n) is 3.53. The topological polar surface area (TPSA) is 29.1 Å². The Balaban J connectivity index is 1.87. The molecule has 0 aliphatic heterocycles. The lowest BCUT2D eigenvalue weighted by atomic mass is 10.1. The molecule has 0 aliphatic carbocycles. The van der Waals surface area contributed by atoms with Gasteiger partial charge in [-0.25, -0.2) is 4.39 Å². The number of aryl methyl sites for hydroxylation is 2. The van der Waals surface area contributed by atoms with Crippen LogP contribution in [-0.2, 0) is 11.2 Å². The van der Waals surface area contributed by atoms with Gasteiger partial charge >= 0.3 is 0 Å². The van der Waals surface area contributed by atoms with Gasteiger partial charge in [-0.2, -0.15) is 0 Å². The third-order valence-corrected chi connectivity index (χ3v) is 3.53. The average molecular weight is 285 g/mol. The summed E-state index contributed by atoms with van der Waals surface area (Å²) in [6, 6.07) is 14.6. The molecule has 1 atom stereocenters. The van der Waals surface area contributed by atoms with Crippen LogP contribution in [0.1, 0.15) is 36.1 Å². The average Bonchev–Trinajstić information content (AvgIpc) is 2.47. The van der Waals surface area contributed by atoms with Crippen molar-refractivity contribution in [3.8, 4) is 0 Å². The lowest BCUT2D eigenvalue weighted by Gasteiger charge is -2.14. The van der Waals surface area contributed by atoms with E-state index in [1.165, 1.54) is 11.6 Å². The van der Waals surface area contributed by atoms with E-state index in [9.17, 15) is 9.18 Å². The highest BCUT2D eigenvalue weighted by molar-refractivity contribution is 5.76. The Kier molecular flexibility index (Phi) is 5.09. The van der Waals surface area contributed by atoms with E-state index in [1.54, 1.807) is 18.2 Å². The van der Waals surface area contributed by atoms with Crippen LogP contribution in [0.5, 0.6) is 0 Å². The van der Waals surface area contributed by atoms with Gasteiger partial charge in [0, 0.05) is 6.42 Å². The second-order valence-corrected chi connectivity index (χ2v) is 5.29. The predicted octanol–water partition coefficient (Wildman–Crippen LogP) is 3.94. The van der Waals surface area contributed by atoms with Crippen molar-refractivity contribution in [1.82, 2.24) is 5.32 Å². The van der Waals surface area contributed by atoms with Gasteiger partial charge in [-0.15, -0.1) is 0 Å². The van der Waals surface area contributed by atoms with Gasteiger partial charge < -0.3 is 5.32 Å². The molecule has 1 amide bonds. The molecular weight excluding hydrogens is 265 g/mol. The Hall–Kier alpha value is -2.16. The van der Waals surface area contributed by atoms with Crippen molar-refractivity contribution in [2.45, 2.75) is 32.7 Å². The molecule has 0 aromatic heterocycles. The molecule has 21 heavy (non-hydrogen) atoms. The highest BCUT2D eigenvalue weighted by Crippen LogP contribution is 2.14. The fraction of sp³-hybridized carbons (Fsp3) is 0.278. The van der Waals surface area contributed by atoms with Crippen LogP contribution in [0.25, 0.3) is 0 Å². The second kappa shape index (κ2) is 7.02. The minimum absolute atomic E-state index is 0.0429. The molecule has 2 aromatic carbocycles. The molecule has 0 radical (unpaired) electrons. The fourth-order valence-corrected chi connectivity index (χ4v) is 2.20. The molecule has 0 heterocycles. The zero-order chi connectivity index (χ0) is 15.2. The summed E-state index contributed by atoms with van der Waals surface area (Å²) >= 11 is 0. The van der Waals surface area contributed by atoms with Crippen molar-refractivity contribution < 1.29 is 9.18 Å². The summed E-state index contributed by atoms with van der Waals surface area (Å²) in [4.78, 5) is 11.9. The molecule has 0 saturated heterocycles. The molecular formula is C18H20FNO. The van der Waals surface area contributed by atoms with Gasteiger partial charge in [-0.3, -0.25) is 4.79 Å². The Morgan fingerprint density at radius 2 is 1.81 bits per heavy atom. The van der Waals surface area contributed by atoms with E-state index in [0.717, 1.165) is 5.56 Å². The van der Waals surface area contributed by atoms with Crippen LogP contribution >= 0.6 is 0 Å².